The molecule has 0 saturated carbocycles. The molecule has 0 amide bonds. The summed E-state index contributed by atoms with van der Waals surface area (Å²) >= 11 is 0. The fraction of sp³-hybridized carbons (Fsp3) is 0.500. The summed E-state index contributed by atoms with van der Waals surface area (Å²) < 4.78 is 5.42. The molecule has 1 aliphatic heterocycles. The SMILES string of the molecule is Cc1ccc(C)c(Cc2nc(C3CCCCN3)no2)c1. The molecule has 106 valence electrons. The van der Waals surface area contributed by atoms with Crippen molar-refractivity contribution in [2.75, 3.05) is 6.54 Å². The summed E-state index contributed by atoms with van der Waals surface area (Å²) in [6.07, 6.45) is 4.29. The first-order valence-electron chi connectivity index (χ1n) is 7.34. The summed E-state index contributed by atoms with van der Waals surface area (Å²) in [5.74, 6) is 1.52. The number of benzene rings is 1. The van der Waals surface area contributed by atoms with E-state index in [0.717, 1.165) is 18.8 Å². The van der Waals surface area contributed by atoms with Gasteiger partial charge in [-0.25, -0.2) is 0 Å². The normalized spacial score (nSPS) is 19.2. The molecule has 1 atom stereocenters. The van der Waals surface area contributed by atoms with Gasteiger partial charge in [0, 0.05) is 0 Å². The van der Waals surface area contributed by atoms with Gasteiger partial charge in [-0.2, -0.15) is 4.98 Å². The van der Waals surface area contributed by atoms with Gasteiger partial charge >= 0.3 is 0 Å². The average Bonchev–Trinajstić information content (AvgIpc) is 2.92. The Hall–Kier alpha value is -1.68. The van der Waals surface area contributed by atoms with Crippen molar-refractivity contribution in [3.63, 3.8) is 0 Å². The Kier molecular flexibility index (Phi) is 3.83. The highest BCUT2D eigenvalue weighted by Crippen LogP contribution is 2.21. The lowest BCUT2D eigenvalue weighted by molar-refractivity contribution is 0.351. The van der Waals surface area contributed by atoms with Gasteiger partial charge in [-0.3, -0.25) is 0 Å². The first kappa shape index (κ1) is 13.3. The lowest BCUT2D eigenvalue weighted by Crippen LogP contribution is -2.27. The molecule has 0 spiro atoms. The molecule has 1 aromatic carbocycles. The molecular formula is C16H21N3O. The molecule has 1 unspecified atom stereocenters. The average molecular weight is 271 g/mol. The van der Waals surface area contributed by atoms with Crippen molar-refractivity contribution < 1.29 is 4.52 Å². The number of piperidine rings is 1. The molecule has 3 rings (SSSR count). The molecule has 4 nitrogen and oxygen atoms in total. The second kappa shape index (κ2) is 5.75. The van der Waals surface area contributed by atoms with E-state index in [1.807, 2.05) is 0 Å². The molecule has 4 heteroatoms. The molecule has 0 aliphatic carbocycles. The summed E-state index contributed by atoms with van der Waals surface area (Å²) in [4.78, 5) is 4.56. The van der Waals surface area contributed by atoms with Crippen molar-refractivity contribution in [3.8, 4) is 0 Å². The molecule has 1 saturated heterocycles. The molecule has 2 aromatic rings. The zero-order chi connectivity index (χ0) is 13.9. The van der Waals surface area contributed by atoms with E-state index in [1.54, 1.807) is 0 Å². The molecule has 2 heterocycles. The lowest BCUT2D eigenvalue weighted by atomic mass is 10.0. The van der Waals surface area contributed by atoms with E-state index in [1.165, 1.54) is 29.5 Å². The van der Waals surface area contributed by atoms with Crippen LogP contribution in [0.25, 0.3) is 0 Å². The summed E-state index contributed by atoms with van der Waals surface area (Å²) in [6, 6.07) is 6.73. The van der Waals surface area contributed by atoms with Crippen molar-refractivity contribution in [1.29, 1.82) is 0 Å². The van der Waals surface area contributed by atoms with Crippen LogP contribution < -0.4 is 5.32 Å². The smallest absolute Gasteiger partial charge is 0.231 e. The van der Waals surface area contributed by atoms with E-state index in [2.05, 4.69) is 47.5 Å². The number of rotatable bonds is 3. The molecule has 1 aromatic heterocycles. The van der Waals surface area contributed by atoms with Crippen LogP contribution in [0.15, 0.2) is 22.7 Å². The van der Waals surface area contributed by atoms with E-state index >= 15 is 0 Å². The second-order valence-electron chi connectivity index (χ2n) is 5.66. The van der Waals surface area contributed by atoms with Crippen LogP contribution in [0.5, 0.6) is 0 Å². The maximum atomic E-state index is 5.42. The van der Waals surface area contributed by atoms with Gasteiger partial charge < -0.3 is 9.84 Å². The van der Waals surface area contributed by atoms with Crippen LogP contribution in [0.2, 0.25) is 0 Å². The molecule has 1 fully saturated rings. The monoisotopic (exact) mass is 271 g/mol. The van der Waals surface area contributed by atoms with Crippen molar-refractivity contribution in [2.45, 2.75) is 45.6 Å². The van der Waals surface area contributed by atoms with Crippen LogP contribution in [0.1, 0.15) is 53.7 Å². The Morgan fingerprint density at radius 2 is 2.20 bits per heavy atom. The highest BCUT2D eigenvalue weighted by molar-refractivity contribution is 5.32. The highest BCUT2D eigenvalue weighted by Gasteiger charge is 2.20. The number of hydrogen-bond acceptors (Lipinski definition) is 4. The van der Waals surface area contributed by atoms with Crippen LogP contribution >= 0.6 is 0 Å². The number of hydrogen-bond donors (Lipinski definition) is 1. The number of nitrogens with zero attached hydrogens (tertiary/aromatic N) is 2. The van der Waals surface area contributed by atoms with Gasteiger partial charge in [0.2, 0.25) is 5.89 Å². The van der Waals surface area contributed by atoms with Gasteiger partial charge in [0.15, 0.2) is 5.82 Å². The summed E-state index contributed by atoms with van der Waals surface area (Å²) in [7, 11) is 0. The van der Waals surface area contributed by atoms with Crippen LogP contribution in [-0.4, -0.2) is 16.7 Å². The molecule has 0 radical (unpaired) electrons. The van der Waals surface area contributed by atoms with Gasteiger partial charge in [-0.05, 0) is 44.4 Å². The zero-order valence-corrected chi connectivity index (χ0v) is 12.1. The molecule has 1 N–H and O–H groups in total. The van der Waals surface area contributed by atoms with Crippen molar-refractivity contribution in [2.24, 2.45) is 0 Å². The first-order chi connectivity index (χ1) is 9.72. The quantitative estimate of drug-likeness (QED) is 0.932. The minimum absolute atomic E-state index is 0.264. The van der Waals surface area contributed by atoms with E-state index in [4.69, 9.17) is 4.52 Å². The van der Waals surface area contributed by atoms with Gasteiger partial charge in [0.25, 0.3) is 0 Å². The van der Waals surface area contributed by atoms with E-state index < -0.39 is 0 Å². The number of nitrogens with one attached hydrogen (secondary N) is 1. The van der Waals surface area contributed by atoms with Crippen molar-refractivity contribution in [1.82, 2.24) is 15.5 Å². The predicted molar refractivity (Wildman–Crippen MR) is 77.6 cm³/mol. The van der Waals surface area contributed by atoms with Gasteiger partial charge in [-0.15, -0.1) is 0 Å². The van der Waals surface area contributed by atoms with Crippen LogP contribution in [-0.2, 0) is 6.42 Å². The largest absolute Gasteiger partial charge is 0.339 e. The Morgan fingerprint density at radius 3 is 3.00 bits per heavy atom. The summed E-state index contributed by atoms with van der Waals surface area (Å²) in [6.45, 7) is 5.27. The Bertz CT molecular complexity index is 585. The topological polar surface area (TPSA) is 51.0 Å². The number of aromatic nitrogens is 2. The minimum atomic E-state index is 0.264. The molecule has 20 heavy (non-hydrogen) atoms. The summed E-state index contributed by atoms with van der Waals surface area (Å²) in [5.41, 5.74) is 3.79. The third-order valence-corrected chi connectivity index (χ3v) is 3.95. The second-order valence-corrected chi connectivity index (χ2v) is 5.66. The Morgan fingerprint density at radius 1 is 1.30 bits per heavy atom. The number of aryl methyl sites for hydroxylation is 2. The van der Waals surface area contributed by atoms with Gasteiger partial charge in [0.1, 0.15) is 0 Å². The third kappa shape index (κ3) is 2.90. The van der Waals surface area contributed by atoms with Gasteiger partial charge in [0.05, 0.1) is 12.5 Å². The zero-order valence-electron chi connectivity index (χ0n) is 12.1. The van der Waals surface area contributed by atoms with Crippen molar-refractivity contribution in [3.05, 3.63) is 46.6 Å². The first-order valence-corrected chi connectivity index (χ1v) is 7.34. The third-order valence-electron chi connectivity index (χ3n) is 3.95. The maximum Gasteiger partial charge on any atom is 0.231 e. The maximum absolute atomic E-state index is 5.42. The highest BCUT2D eigenvalue weighted by atomic mass is 16.5. The Balaban J connectivity index is 1.75. The van der Waals surface area contributed by atoms with Crippen LogP contribution in [0.3, 0.4) is 0 Å². The van der Waals surface area contributed by atoms with E-state index in [0.29, 0.717) is 12.3 Å². The molecule has 1 aliphatic rings. The molecular weight excluding hydrogens is 250 g/mol. The summed E-state index contributed by atoms with van der Waals surface area (Å²) in [5, 5.41) is 7.59. The lowest BCUT2D eigenvalue weighted by Gasteiger charge is -2.19. The standard InChI is InChI=1S/C16H21N3O/c1-11-6-7-12(2)13(9-11)10-15-18-16(19-20-15)14-5-3-4-8-17-14/h6-7,9,14,17H,3-5,8,10H2,1-2H3. The Labute approximate surface area is 119 Å². The predicted octanol–water partition coefficient (Wildman–Crippen LogP) is 3.09. The molecule has 0 bridgehead atoms. The minimum Gasteiger partial charge on any atom is -0.339 e. The van der Waals surface area contributed by atoms with E-state index in [-0.39, 0.29) is 6.04 Å². The fourth-order valence-corrected chi connectivity index (χ4v) is 2.71. The van der Waals surface area contributed by atoms with E-state index in [9.17, 15) is 0 Å². The van der Waals surface area contributed by atoms with Crippen molar-refractivity contribution >= 4 is 0 Å². The van der Waals surface area contributed by atoms with Gasteiger partial charge in [-0.1, -0.05) is 35.3 Å². The van der Waals surface area contributed by atoms with Crippen LogP contribution in [0, 0.1) is 13.8 Å². The fourth-order valence-electron chi connectivity index (χ4n) is 2.71. The van der Waals surface area contributed by atoms with Crippen LogP contribution in [0.4, 0.5) is 0 Å².